The van der Waals surface area contributed by atoms with Crippen molar-refractivity contribution in [3.63, 3.8) is 0 Å². The molecule has 1 aliphatic rings. The van der Waals surface area contributed by atoms with Crippen molar-refractivity contribution in [3.05, 3.63) is 63.6 Å². The molecule has 0 aromatic heterocycles. The van der Waals surface area contributed by atoms with Gasteiger partial charge in [-0.15, -0.1) is 0 Å². The average molecular weight is 426 g/mol. The fraction of sp³-hybridized carbons (Fsp3) is 0.278. The molecule has 2 aromatic carbocycles. The highest BCUT2D eigenvalue weighted by Crippen LogP contribution is 2.39. The summed E-state index contributed by atoms with van der Waals surface area (Å²) in [6.07, 6.45) is 0.801. The number of hydrogen-bond acceptors (Lipinski definition) is 4. The number of aryl methyl sites for hydroxylation is 1. The lowest BCUT2D eigenvalue weighted by molar-refractivity contribution is 0.317. The molecule has 0 aliphatic heterocycles. The van der Waals surface area contributed by atoms with Gasteiger partial charge in [0.2, 0.25) is 0 Å². The smallest absolute Gasteiger partial charge is 0.294 e. The standard InChI is InChI=1S/C11H12BrNO.C7H8O3S/c1-11(2)6-10(13-14)8-5-7(12)3-4-9(8)11;1-6-2-4-7(5-3-6)11(8,9)10/h3-5,14H,6H2,1-2H3;2-5H,1H3,(H,8,9,10). The number of oxime groups is 1. The van der Waals surface area contributed by atoms with E-state index < -0.39 is 10.1 Å². The highest BCUT2D eigenvalue weighted by molar-refractivity contribution is 9.10. The van der Waals surface area contributed by atoms with E-state index in [1.54, 1.807) is 12.1 Å². The average Bonchev–Trinajstić information content (AvgIpc) is 2.77. The Balaban J connectivity index is 0.000000186. The summed E-state index contributed by atoms with van der Waals surface area (Å²) in [7, 11) is -4.02. The Labute approximate surface area is 156 Å². The predicted molar refractivity (Wildman–Crippen MR) is 101 cm³/mol. The van der Waals surface area contributed by atoms with Crippen LogP contribution in [0.5, 0.6) is 0 Å². The van der Waals surface area contributed by atoms with Crippen molar-refractivity contribution in [2.24, 2.45) is 5.16 Å². The molecule has 0 unspecified atom stereocenters. The predicted octanol–water partition coefficient (Wildman–Crippen LogP) is 4.55. The van der Waals surface area contributed by atoms with E-state index in [4.69, 9.17) is 9.76 Å². The van der Waals surface area contributed by atoms with Gasteiger partial charge >= 0.3 is 0 Å². The third-order valence-electron chi connectivity index (χ3n) is 4.07. The molecule has 2 aromatic rings. The molecule has 0 radical (unpaired) electrons. The van der Waals surface area contributed by atoms with Crippen molar-refractivity contribution in [1.82, 2.24) is 0 Å². The number of rotatable bonds is 1. The zero-order valence-corrected chi connectivity index (χ0v) is 16.6. The fourth-order valence-corrected chi connectivity index (χ4v) is 3.60. The molecule has 134 valence electrons. The lowest BCUT2D eigenvalue weighted by atomic mass is 9.87. The lowest BCUT2D eigenvalue weighted by Gasteiger charge is -2.17. The van der Waals surface area contributed by atoms with Crippen LogP contribution in [0.15, 0.2) is 57.0 Å². The molecule has 0 bridgehead atoms. The van der Waals surface area contributed by atoms with E-state index >= 15 is 0 Å². The van der Waals surface area contributed by atoms with Gasteiger partial charge in [-0.25, -0.2) is 0 Å². The van der Waals surface area contributed by atoms with Crippen LogP contribution in [0.3, 0.4) is 0 Å². The normalized spacial score (nSPS) is 16.9. The van der Waals surface area contributed by atoms with Gasteiger partial charge in [-0.05, 0) is 42.2 Å². The van der Waals surface area contributed by atoms with Gasteiger partial charge in [-0.3, -0.25) is 4.55 Å². The highest BCUT2D eigenvalue weighted by atomic mass is 79.9. The molecule has 0 fully saturated rings. The summed E-state index contributed by atoms with van der Waals surface area (Å²) in [5, 5.41) is 12.3. The van der Waals surface area contributed by atoms with Crippen LogP contribution in [0.2, 0.25) is 0 Å². The SMILES string of the molecule is CC1(C)CC(=NO)c2cc(Br)ccc21.Cc1ccc(S(=O)(=O)O)cc1. The van der Waals surface area contributed by atoms with E-state index in [0.717, 1.165) is 27.7 Å². The molecule has 0 heterocycles. The summed E-state index contributed by atoms with van der Waals surface area (Å²) < 4.78 is 30.6. The molecule has 0 spiro atoms. The van der Waals surface area contributed by atoms with E-state index in [2.05, 4.69) is 41.0 Å². The first-order valence-electron chi connectivity index (χ1n) is 7.60. The monoisotopic (exact) mass is 425 g/mol. The first-order valence-corrected chi connectivity index (χ1v) is 9.83. The maximum atomic E-state index is 10.5. The quantitative estimate of drug-likeness (QED) is 0.398. The van der Waals surface area contributed by atoms with Crippen LogP contribution in [-0.4, -0.2) is 23.9 Å². The molecule has 3 rings (SSSR count). The van der Waals surface area contributed by atoms with Gasteiger partial charge in [-0.2, -0.15) is 8.42 Å². The van der Waals surface area contributed by atoms with Crippen LogP contribution in [0.25, 0.3) is 0 Å². The second-order valence-electron chi connectivity index (χ2n) is 6.59. The minimum Gasteiger partial charge on any atom is -0.411 e. The number of fused-ring (bicyclic) bond motifs is 1. The number of halogens is 1. The van der Waals surface area contributed by atoms with Crippen LogP contribution in [-0.2, 0) is 15.5 Å². The molecular weight excluding hydrogens is 406 g/mol. The van der Waals surface area contributed by atoms with Crippen LogP contribution in [0.1, 0.15) is 37.0 Å². The number of hydrogen-bond donors (Lipinski definition) is 2. The maximum absolute atomic E-state index is 10.5. The summed E-state index contributed by atoms with van der Waals surface area (Å²) in [6.45, 7) is 6.17. The van der Waals surface area contributed by atoms with Gasteiger partial charge in [0.25, 0.3) is 10.1 Å². The first-order chi connectivity index (χ1) is 11.5. The Morgan fingerprint density at radius 1 is 1.12 bits per heavy atom. The van der Waals surface area contributed by atoms with Gasteiger partial charge in [0.15, 0.2) is 0 Å². The molecule has 1 aliphatic carbocycles. The van der Waals surface area contributed by atoms with E-state index in [1.807, 2.05) is 19.1 Å². The number of benzene rings is 2. The Kier molecular flexibility index (Phi) is 5.71. The van der Waals surface area contributed by atoms with Crippen molar-refractivity contribution in [1.29, 1.82) is 0 Å². The zero-order chi connectivity index (χ0) is 18.8. The second kappa shape index (κ2) is 7.27. The molecule has 5 nitrogen and oxygen atoms in total. The lowest BCUT2D eigenvalue weighted by Crippen LogP contribution is -2.12. The topological polar surface area (TPSA) is 87.0 Å². The molecule has 7 heteroatoms. The molecule has 0 amide bonds. The Bertz CT molecular complexity index is 903. The Hall–Kier alpha value is -1.70. The first kappa shape index (κ1) is 19.6. The van der Waals surface area contributed by atoms with Crippen LogP contribution >= 0.6 is 15.9 Å². The molecule has 0 atom stereocenters. The van der Waals surface area contributed by atoms with Gasteiger partial charge in [0.05, 0.1) is 10.6 Å². The molecule has 2 N–H and O–H groups in total. The summed E-state index contributed by atoms with van der Waals surface area (Å²) >= 11 is 3.42. The third-order valence-corrected chi connectivity index (χ3v) is 5.43. The fourth-order valence-electron chi connectivity index (χ4n) is 2.75. The van der Waals surface area contributed by atoms with Gasteiger partial charge < -0.3 is 5.21 Å². The number of nitrogens with zero attached hydrogens (tertiary/aromatic N) is 1. The molecular formula is C18H20BrNO4S. The van der Waals surface area contributed by atoms with Crippen molar-refractivity contribution in [2.75, 3.05) is 0 Å². The van der Waals surface area contributed by atoms with Crippen molar-refractivity contribution < 1.29 is 18.2 Å². The van der Waals surface area contributed by atoms with Crippen LogP contribution in [0, 0.1) is 6.92 Å². The Morgan fingerprint density at radius 2 is 1.72 bits per heavy atom. The maximum Gasteiger partial charge on any atom is 0.294 e. The minimum absolute atomic E-state index is 0.0666. The summed E-state index contributed by atoms with van der Waals surface area (Å²) in [5.74, 6) is 0. The van der Waals surface area contributed by atoms with Gasteiger partial charge in [0.1, 0.15) is 0 Å². The third kappa shape index (κ3) is 4.68. The van der Waals surface area contributed by atoms with Gasteiger partial charge in [0, 0.05) is 16.5 Å². The van der Waals surface area contributed by atoms with Crippen LogP contribution in [0.4, 0.5) is 0 Å². The van der Waals surface area contributed by atoms with E-state index in [0.29, 0.717) is 0 Å². The second-order valence-corrected chi connectivity index (χ2v) is 8.92. The van der Waals surface area contributed by atoms with Crippen molar-refractivity contribution in [2.45, 2.75) is 37.5 Å². The van der Waals surface area contributed by atoms with E-state index in [9.17, 15) is 8.42 Å². The molecule has 0 saturated heterocycles. The Morgan fingerprint density at radius 3 is 2.24 bits per heavy atom. The largest absolute Gasteiger partial charge is 0.411 e. The van der Waals surface area contributed by atoms with E-state index in [1.165, 1.54) is 17.7 Å². The minimum atomic E-state index is -4.02. The van der Waals surface area contributed by atoms with Crippen molar-refractivity contribution in [3.8, 4) is 0 Å². The van der Waals surface area contributed by atoms with Gasteiger partial charge in [-0.1, -0.05) is 58.7 Å². The zero-order valence-electron chi connectivity index (χ0n) is 14.2. The summed E-state index contributed by atoms with van der Waals surface area (Å²) in [5.41, 5.74) is 4.14. The molecule has 25 heavy (non-hydrogen) atoms. The summed E-state index contributed by atoms with van der Waals surface area (Å²) in [6, 6.07) is 12.1. The highest BCUT2D eigenvalue weighted by Gasteiger charge is 2.34. The van der Waals surface area contributed by atoms with Crippen molar-refractivity contribution >= 4 is 31.8 Å². The summed E-state index contributed by atoms with van der Waals surface area (Å²) in [4.78, 5) is -0.0666. The van der Waals surface area contributed by atoms with Crippen LogP contribution < -0.4 is 0 Å². The van der Waals surface area contributed by atoms with E-state index in [-0.39, 0.29) is 10.3 Å². The molecule has 0 saturated carbocycles.